The maximum absolute atomic E-state index is 11.5. The topological polar surface area (TPSA) is 89.4 Å². The number of carbonyl (C=O) groups is 1. The van der Waals surface area contributed by atoms with Crippen molar-refractivity contribution in [1.29, 1.82) is 0 Å². The number of rotatable bonds is 4. The number of piperidine rings is 1. The number of pyridine rings is 1. The first-order valence-electron chi connectivity index (χ1n) is 8.47. The lowest BCUT2D eigenvalue weighted by Crippen LogP contribution is -2.34. The van der Waals surface area contributed by atoms with Gasteiger partial charge in [-0.3, -0.25) is 14.7 Å². The van der Waals surface area contributed by atoms with Gasteiger partial charge in [-0.25, -0.2) is 9.50 Å². The van der Waals surface area contributed by atoms with Gasteiger partial charge < -0.3 is 5.73 Å². The largest absolute Gasteiger partial charge is 0.365 e. The number of primary amides is 1. The van der Waals surface area contributed by atoms with E-state index in [0.29, 0.717) is 17.1 Å². The molecule has 1 amide bonds. The van der Waals surface area contributed by atoms with Gasteiger partial charge in [0, 0.05) is 31.4 Å². The third kappa shape index (κ3) is 3.10. The van der Waals surface area contributed by atoms with Gasteiger partial charge in [-0.1, -0.05) is 6.07 Å². The average Bonchev–Trinajstić information content (AvgIpc) is 3.07. The van der Waals surface area contributed by atoms with Gasteiger partial charge in [-0.2, -0.15) is 5.10 Å². The van der Waals surface area contributed by atoms with Crippen molar-refractivity contribution in [2.24, 2.45) is 5.73 Å². The van der Waals surface area contributed by atoms with Crippen molar-refractivity contribution in [3.8, 4) is 0 Å². The number of carbonyl (C=O) groups excluding carboxylic acids is 1. The Hall–Kier alpha value is -2.80. The maximum Gasteiger partial charge on any atom is 0.254 e. The molecule has 128 valence electrons. The van der Waals surface area contributed by atoms with Gasteiger partial charge in [0.2, 0.25) is 0 Å². The molecule has 3 aromatic heterocycles. The zero-order valence-electron chi connectivity index (χ0n) is 13.9. The second-order valence-corrected chi connectivity index (χ2v) is 6.42. The summed E-state index contributed by atoms with van der Waals surface area (Å²) in [6, 6.07) is 8.00. The van der Waals surface area contributed by atoms with Crippen LogP contribution in [0.3, 0.4) is 0 Å². The molecule has 0 bridgehead atoms. The van der Waals surface area contributed by atoms with Crippen LogP contribution in [0.15, 0.2) is 42.9 Å². The molecule has 7 heteroatoms. The van der Waals surface area contributed by atoms with E-state index in [-0.39, 0.29) is 0 Å². The monoisotopic (exact) mass is 336 g/mol. The van der Waals surface area contributed by atoms with Crippen molar-refractivity contribution in [2.75, 3.05) is 13.1 Å². The lowest BCUT2D eigenvalue weighted by Gasteiger charge is -2.32. The van der Waals surface area contributed by atoms with E-state index in [1.165, 1.54) is 6.20 Å². The van der Waals surface area contributed by atoms with Crippen molar-refractivity contribution in [3.05, 3.63) is 59.8 Å². The number of amides is 1. The summed E-state index contributed by atoms with van der Waals surface area (Å²) >= 11 is 0. The molecule has 0 saturated carbocycles. The second kappa shape index (κ2) is 6.60. The second-order valence-electron chi connectivity index (χ2n) is 6.42. The van der Waals surface area contributed by atoms with Crippen LogP contribution < -0.4 is 5.73 Å². The number of aromatic nitrogens is 4. The normalized spacial score (nSPS) is 18.5. The number of nitrogens with two attached hydrogens (primary N) is 1. The minimum atomic E-state index is -0.500. The number of fused-ring (bicyclic) bond motifs is 1. The van der Waals surface area contributed by atoms with Crippen LogP contribution in [0, 0.1) is 0 Å². The maximum atomic E-state index is 11.5. The van der Waals surface area contributed by atoms with E-state index in [1.54, 1.807) is 10.7 Å². The number of hydrogen-bond acceptors (Lipinski definition) is 5. The third-order valence-electron chi connectivity index (χ3n) is 4.73. The Morgan fingerprint density at radius 1 is 1.24 bits per heavy atom. The van der Waals surface area contributed by atoms with Crippen LogP contribution in [0.4, 0.5) is 0 Å². The molecule has 0 unspecified atom stereocenters. The fourth-order valence-corrected chi connectivity index (χ4v) is 3.55. The van der Waals surface area contributed by atoms with Crippen LogP contribution in [-0.4, -0.2) is 43.5 Å². The molecule has 4 rings (SSSR count). The lowest BCUT2D eigenvalue weighted by molar-refractivity contribution is 0.100. The Morgan fingerprint density at radius 3 is 2.96 bits per heavy atom. The molecule has 1 aliphatic heterocycles. The molecule has 1 aliphatic rings. The lowest BCUT2D eigenvalue weighted by atomic mass is 9.94. The Kier molecular flexibility index (Phi) is 4.15. The highest BCUT2D eigenvalue weighted by Crippen LogP contribution is 2.28. The van der Waals surface area contributed by atoms with Crippen molar-refractivity contribution >= 4 is 11.6 Å². The van der Waals surface area contributed by atoms with Gasteiger partial charge in [0.1, 0.15) is 5.56 Å². The molecular formula is C18H20N6O. The van der Waals surface area contributed by atoms with E-state index in [4.69, 9.17) is 5.73 Å². The van der Waals surface area contributed by atoms with Crippen molar-refractivity contribution in [3.63, 3.8) is 0 Å². The summed E-state index contributed by atoms with van der Waals surface area (Å²) in [7, 11) is 0. The van der Waals surface area contributed by atoms with Crippen molar-refractivity contribution < 1.29 is 4.79 Å². The Bertz CT molecular complexity index is 891. The number of hydrogen-bond donors (Lipinski definition) is 1. The molecule has 0 aliphatic carbocycles. The van der Waals surface area contributed by atoms with Crippen molar-refractivity contribution in [2.45, 2.75) is 25.3 Å². The number of likely N-dealkylation sites (tertiary alicyclic amines) is 1. The highest BCUT2D eigenvalue weighted by atomic mass is 16.1. The predicted molar refractivity (Wildman–Crippen MR) is 93.0 cm³/mol. The summed E-state index contributed by atoms with van der Waals surface area (Å²) in [5.74, 6) is -0.163. The zero-order valence-corrected chi connectivity index (χ0v) is 13.9. The predicted octanol–water partition coefficient (Wildman–Crippen LogP) is 1.60. The van der Waals surface area contributed by atoms with Gasteiger partial charge in [0.15, 0.2) is 5.65 Å². The van der Waals surface area contributed by atoms with E-state index in [2.05, 4.69) is 26.0 Å². The Morgan fingerprint density at radius 2 is 2.16 bits per heavy atom. The van der Waals surface area contributed by atoms with Gasteiger partial charge in [-0.15, -0.1) is 0 Å². The van der Waals surface area contributed by atoms with E-state index in [1.807, 2.05) is 24.4 Å². The first kappa shape index (κ1) is 15.7. The minimum Gasteiger partial charge on any atom is -0.365 e. The summed E-state index contributed by atoms with van der Waals surface area (Å²) < 4.78 is 1.76. The molecule has 1 fully saturated rings. The van der Waals surface area contributed by atoms with Gasteiger partial charge in [-0.05, 0) is 37.6 Å². The zero-order chi connectivity index (χ0) is 17.2. The summed E-state index contributed by atoms with van der Waals surface area (Å²) in [6.45, 7) is 2.84. The quantitative estimate of drug-likeness (QED) is 0.782. The molecule has 7 nitrogen and oxygen atoms in total. The summed E-state index contributed by atoms with van der Waals surface area (Å²) in [5.41, 5.74) is 8.47. The van der Waals surface area contributed by atoms with Crippen LogP contribution in [0.25, 0.3) is 5.65 Å². The van der Waals surface area contributed by atoms with Crippen LogP contribution in [0.2, 0.25) is 0 Å². The first-order chi connectivity index (χ1) is 12.2. The van der Waals surface area contributed by atoms with Crippen LogP contribution in [-0.2, 0) is 6.54 Å². The summed E-state index contributed by atoms with van der Waals surface area (Å²) in [4.78, 5) is 22.7. The SMILES string of the molecule is NC(=O)c1cnn2c([C@H]3CCCN(Cc4ccccn4)C3)ccnc12. The highest BCUT2D eigenvalue weighted by molar-refractivity contribution is 5.98. The molecule has 3 aromatic rings. The van der Waals surface area contributed by atoms with E-state index < -0.39 is 5.91 Å². The van der Waals surface area contributed by atoms with Crippen molar-refractivity contribution in [1.82, 2.24) is 24.5 Å². The smallest absolute Gasteiger partial charge is 0.254 e. The van der Waals surface area contributed by atoms with Gasteiger partial charge >= 0.3 is 0 Å². The highest BCUT2D eigenvalue weighted by Gasteiger charge is 2.25. The number of nitrogens with zero attached hydrogens (tertiary/aromatic N) is 5. The van der Waals surface area contributed by atoms with Crippen LogP contribution in [0.5, 0.6) is 0 Å². The van der Waals surface area contributed by atoms with Gasteiger partial charge in [0.05, 0.1) is 17.6 Å². The minimum absolute atomic E-state index is 0.337. The van der Waals surface area contributed by atoms with Crippen LogP contribution in [0.1, 0.15) is 40.5 Å². The Labute approximate surface area is 145 Å². The van der Waals surface area contributed by atoms with E-state index in [9.17, 15) is 4.79 Å². The third-order valence-corrected chi connectivity index (χ3v) is 4.73. The first-order valence-corrected chi connectivity index (χ1v) is 8.47. The Balaban J connectivity index is 1.59. The molecular weight excluding hydrogens is 316 g/mol. The molecule has 0 radical (unpaired) electrons. The average molecular weight is 336 g/mol. The summed E-state index contributed by atoms with van der Waals surface area (Å²) in [6.07, 6.45) is 7.27. The molecule has 0 aromatic carbocycles. The molecule has 4 heterocycles. The molecule has 25 heavy (non-hydrogen) atoms. The van der Waals surface area contributed by atoms with E-state index in [0.717, 1.165) is 43.9 Å². The standard InChI is InChI=1S/C18H20N6O/c19-17(25)15-10-22-24-16(6-8-21-18(15)24)13-4-3-9-23(11-13)12-14-5-1-2-7-20-14/h1-2,5-8,10,13H,3-4,9,11-12H2,(H2,19,25)/t13-/m0/s1. The van der Waals surface area contributed by atoms with E-state index >= 15 is 0 Å². The molecule has 1 saturated heterocycles. The van der Waals surface area contributed by atoms with Crippen LogP contribution >= 0.6 is 0 Å². The fourth-order valence-electron chi connectivity index (χ4n) is 3.55. The van der Waals surface area contributed by atoms with Gasteiger partial charge in [0.25, 0.3) is 5.91 Å². The molecule has 1 atom stereocenters. The fraction of sp³-hybridized carbons (Fsp3) is 0.333. The molecule has 0 spiro atoms. The molecule has 2 N–H and O–H groups in total. The summed E-state index contributed by atoms with van der Waals surface area (Å²) in [5, 5.41) is 4.35.